The molecule has 0 radical (unpaired) electrons. The smallest absolute Gasteiger partial charge is 0.100 e. The fourth-order valence-electron chi connectivity index (χ4n) is 1.01. The average molecular weight is 298 g/mol. The molecule has 0 aromatic carbocycles. The van der Waals surface area contributed by atoms with Gasteiger partial charge in [-0.05, 0) is 19.8 Å². The molecule has 2 aliphatic rings. The highest BCUT2D eigenvalue weighted by atomic mass is 16.6. The molecule has 2 aliphatic heterocycles. The van der Waals surface area contributed by atoms with Crippen LogP contribution in [0.5, 0.6) is 0 Å². The van der Waals surface area contributed by atoms with Crippen LogP contribution in [0, 0.1) is 0 Å². The molecule has 0 aliphatic carbocycles. The van der Waals surface area contributed by atoms with E-state index in [0.717, 1.165) is 39.6 Å². The minimum atomic E-state index is -0.954. The van der Waals surface area contributed by atoms with Crippen LogP contribution in [0.25, 0.3) is 0 Å². The topological polar surface area (TPSA) is 109 Å². The van der Waals surface area contributed by atoms with Gasteiger partial charge in [-0.2, -0.15) is 0 Å². The summed E-state index contributed by atoms with van der Waals surface area (Å²) < 4.78 is 14.8. The van der Waals surface area contributed by atoms with Gasteiger partial charge in [-0.3, -0.25) is 0 Å². The fraction of sp³-hybridized carbons (Fsp3) is 1.00. The molecular formula is C13H30O7. The Morgan fingerprint density at radius 2 is 1.05 bits per heavy atom. The summed E-state index contributed by atoms with van der Waals surface area (Å²) >= 11 is 0. The second-order valence-corrected chi connectivity index (χ2v) is 3.88. The molecule has 0 spiro atoms. The van der Waals surface area contributed by atoms with Gasteiger partial charge >= 0.3 is 0 Å². The molecule has 0 amide bonds. The van der Waals surface area contributed by atoms with E-state index < -0.39 is 6.10 Å². The number of ether oxygens (including phenoxy) is 3. The van der Waals surface area contributed by atoms with E-state index in [4.69, 9.17) is 34.6 Å². The zero-order valence-corrected chi connectivity index (χ0v) is 12.4. The Labute approximate surface area is 121 Å². The first-order valence-electron chi connectivity index (χ1n) is 6.96. The second kappa shape index (κ2) is 21.0. The van der Waals surface area contributed by atoms with E-state index in [9.17, 15) is 0 Å². The van der Waals surface area contributed by atoms with Crippen molar-refractivity contribution in [2.45, 2.75) is 25.9 Å². The highest BCUT2D eigenvalue weighted by Gasteiger charge is 1.95. The first-order valence-corrected chi connectivity index (χ1v) is 6.96. The van der Waals surface area contributed by atoms with Gasteiger partial charge in [-0.1, -0.05) is 0 Å². The van der Waals surface area contributed by atoms with Gasteiger partial charge in [0, 0.05) is 19.8 Å². The quantitative estimate of drug-likeness (QED) is 0.526. The number of aliphatic hydroxyl groups is 4. The van der Waals surface area contributed by atoms with E-state index in [1.54, 1.807) is 6.92 Å². The van der Waals surface area contributed by atoms with Crippen LogP contribution in [0.15, 0.2) is 0 Å². The van der Waals surface area contributed by atoms with E-state index in [1.165, 1.54) is 12.8 Å². The standard InChI is InChI=1S/C4H8O2.C4H8O.C3H8O3.C2H6O/c1-2-6-4-3-5-1;1-2-4-5-3-1;4-1-3(6)2-5;1-2-3/h1-4H2;1-4H2;3-6H,1-2H2;3H,2H2,1H3. The van der Waals surface area contributed by atoms with Crippen molar-refractivity contribution in [2.75, 3.05) is 59.5 Å². The van der Waals surface area contributed by atoms with Crippen molar-refractivity contribution in [2.24, 2.45) is 0 Å². The lowest BCUT2D eigenvalue weighted by Crippen LogP contribution is -2.16. The zero-order valence-electron chi connectivity index (χ0n) is 12.4. The average Bonchev–Trinajstić information content (AvgIpc) is 3.09. The summed E-state index contributed by atoms with van der Waals surface area (Å²) in [7, 11) is 0. The first kappa shape index (κ1) is 22.0. The zero-order chi connectivity index (χ0) is 15.5. The van der Waals surface area contributed by atoms with Gasteiger partial charge in [0.1, 0.15) is 6.10 Å². The monoisotopic (exact) mass is 298 g/mol. The number of aliphatic hydroxyl groups excluding tert-OH is 4. The SMILES string of the molecule is C1CCOC1.C1COCCO1.CCO.OCC(O)CO. The van der Waals surface area contributed by atoms with Crippen LogP contribution < -0.4 is 0 Å². The molecule has 0 saturated carbocycles. The Kier molecular flexibility index (Phi) is 23.1. The molecule has 20 heavy (non-hydrogen) atoms. The summed E-state index contributed by atoms with van der Waals surface area (Å²) in [5.41, 5.74) is 0. The fourth-order valence-corrected chi connectivity index (χ4v) is 1.01. The molecule has 2 rings (SSSR count). The number of hydrogen-bond acceptors (Lipinski definition) is 7. The molecule has 0 unspecified atom stereocenters. The number of rotatable bonds is 2. The molecule has 7 nitrogen and oxygen atoms in total. The van der Waals surface area contributed by atoms with Crippen molar-refractivity contribution >= 4 is 0 Å². The molecule has 4 N–H and O–H groups in total. The van der Waals surface area contributed by atoms with Gasteiger partial charge in [0.15, 0.2) is 0 Å². The van der Waals surface area contributed by atoms with E-state index in [1.807, 2.05) is 0 Å². The maximum Gasteiger partial charge on any atom is 0.100 e. The van der Waals surface area contributed by atoms with Crippen molar-refractivity contribution in [3.63, 3.8) is 0 Å². The van der Waals surface area contributed by atoms with Gasteiger partial charge in [-0.25, -0.2) is 0 Å². The predicted octanol–water partition coefficient (Wildman–Crippen LogP) is -0.839. The molecule has 0 bridgehead atoms. The Hall–Kier alpha value is -0.280. The summed E-state index contributed by atoms with van der Waals surface area (Å²) in [6.45, 7) is 6.31. The van der Waals surface area contributed by atoms with Crippen LogP contribution in [0.4, 0.5) is 0 Å². The summed E-state index contributed by atoms with van der Waals surface area (Å²) in [5, 5.41) is 31.6. The Morgan fingerprint density at radius 1 is 0.750 bits per heavy atom. The van der Waals surface area contributed by atoms with Gasteiger partial charge < -0.3 is 34.6 Å². The van der Waals surface area contributed by atoms with Gasteiger partial charge in [-0.15, -0.1) is 0 Å². The molecule has 7 heteroatoms. The van der Waals surface area contributed by atoms with Crippen LogP contribution in [0.2, 0.25) is 0 Å². The molecule has 2 saturated heterocycles. The Bertz CT molecular complexity index is 127. The van der Waals surface area contributed by atoms with E-state index in [-0.39, 0.29) is 19.8 Å². The molecule has 0 aromatic heterocycles. The van der Waals surface area contributed by atoms with Crippen LogP contribution in [-0.2, 0) is 14.2 Å². The second-order valence-electron chi connectivity index (χ2n) is 3.88. The minimum absolute atomic E-state index is 0.250. The third kappa shape index (κ3) is 22.9. The highest BCUT2D eigenvalue weighted by Crippen LogP contribution is 1.98. The molecule has 0 atom stereocenters. The highest BCUT2D eigenvalue weighted by molar-refractivity contribution is 4.44. The lowest BCUT2D eigenvalue weighted by Gasteiger charge is -2.09. The molecular weight excluding hydrogens is 268 g/mol. The lowest BCUT2D eigenvalue weighted by molar-refractivity contribution is -0.0334. The van der Waals surface area contributed by atoms with Crippen molar-refractivity contribution in [3.05, 3.63) is 0 Å². The van der Waals surface area contributed by atoms with Crippen LogP contribution in [0.3, 0.4) is 0 Å². The van der Waals surface area contributed by atoms with Crippen molar-refractivity contribution < 1.29 is 34.6 Å². The largest absolute Gasteiger partial charge is 0.397 e. The third-order valence-electron chi connectivity index (χ3n) is 1.99. The lowest BCUT2D eigenvalue weighted by atomic mass is 10.4. The van der Waals surface area contributed by atoms with Crippen molar-refractivity contribution in [3.8, 4) is 0 Å². The maximum atomic E-state index is 8.17. The van der Waals surface area contributed by atoms with E-state index >= 15 is 0 Å². The summed E-state index contributed by atoms with van der Waals surface area (Å²) in [6, 6.07) is 0. The normalized spacial score (nSPS) is 17.1. The Morgan fingerprint density at radius 3 is 1.15 bits per heavy atom. The Balaban J connectivity index is 0. The van der Waals surface area contributed by atoms with Crippen molar-refractivity contribution in [1.29, 1.82) is 0 Å². The van der Waals surface area contributed by atoms with Gasteiger partial charge in [0.25, 0.3) is 0 Å². The van der Waals surface area contributed by atoms with E-state index in [0.29, 0.717) is 0 Å². The molecule has 2 fully saturated rings. The van der Waals surface area contributed by atoms with Crippen LogP contribution in [0.1, 0.15) is 19.8 Å². The van der Waals surface area contributed by atoms with E-state index in [2.05, 4.69) is 0 Å². The molecule has 0 aromatic rings. The molecule has 2 heterocycles. The van der Waals surface area contributed by atoms with Gasteiger partial charge in [0.05, 0.1) is 39.6 Å². The third-order valence-corrected chi connectivity index (χ3v) is 1.99. The first-order chi connectivity index (χ1) is 9.72. The van der Waals surface area contributed by atoms with Crippen LogP contribution >= 0.6 is 0 Å². The van der Waals surface area contributed by atoms with Gasteiger partial charge in [0.2, 0.25) is 0 Å². The summed E-state index contributed by atoms with van der Waals surface area (Å²) in [6.07, 6.45) is 1.60. The summed E-state index contributed by atoms with van der Waals surface area (Å²) in [5.74, 6) is 0. The summed E-state index contributed by atoms with van der Waals surface area (Å²) in [4.78, 5) is 0. The maximum absolute atomic E-state index is 8.17. The predicted molar refractivity (Wildman–Crippen MR) is 74.6 cm³/mol. The van der Waals surface area contributed by atoms with Crippen LogP contribution in [-0.4, -0.2) is 86.0 Å². The molecule has 124 valence electrons. The number of hydrogen-bond donors (Lipinski definition) is 4. The van der Waals surface area contributed by atoms with Crippen molar-refractivity contribution in [1.82, 2.24) is 0 Å². The minimum Gasteiger partial charge on any atom is -0.397 e.